The van der Waals surface area contributed by atoms with Crippen molar-refractivity contribution < 1.29 is 9.53 Å². The maximum atomic E-state index is 12.2. The number of carbonyl (C=O) groups excluding carboxylic acids is 1. The fourth-order valence-electron chi connectivity index (χ4n) is 1.86. The number of carbonyl (C=O) groups is 1. The Morgan fingerprint density at radius 1 is 1.19 bits per heavy atom. The molecule has 0 aromatic heterocycles. The van der Waals surface area contributed by atoms with Crippen molar-refractivity contribution in [3.63, 3.8) is 0 Å². The number of nitrogen functional groups attached to an aromatic ring is 1. The molecule has 0 bridgehead atoms. The minimum Gasteiger partial charge on any atom is -0.491 e. The van der Waals surface area contributed by atoms with E-state index in [9.17, 15) is 4.79 Å². The van der Waals surface area contributed by atoms with Gasteiger partial charge in [-0.25, -0.2) is 0 Å². The van der Waals surface area contributed by atoms with Crippen LogP contribution < -0.4 is 15.8 Å². The molecule has 0 fully saturated rings. The van der Waals surface area contributed by atoms with Crippen molar-refractivity contribution in [2.24, 2.45) is 0 Å². The Bertz CT molecular complexity index is 619. The van der Waals surface area contributed by atoms with Gasteiger partial charge in [0.15, 0.2) is 0 Å². The highest BCUT2D eigenvalue weighted by molar-refractivity contribution is 6.35. The minimum atomic E-state index is -0.337. The van der Waals surface area contributed by atoms with Gasteiger partial charge in [0.05, 0.1) is 16.7 Å². The Balaban J connectivity index is 2.13. The van der Waals surface area contributed by atoms with Gasteiger partial charge in [-0.15, -0.1) is 0 Å². The maximum absolute atomic E-state index is 12.2. The van der Waals surface area contributed by atoms with Crippen LogP contribution in [0.25, 0.3) is 0 Å². The molecule has 0 saturated carbocycles. The molecule has 0 heterocycles. The number of nitrogens with one attached hydrogen (secondary N) is 1. The first-order valence-electron chi connectivity index (χ1n) is 6.59. The zero-order chi connectivity index (χ0) is 15.4. The van der Waals surface area contributed by atoms with E-state index in [-0.39, 0.29) is 17.6 Å². The lowest BCUT2D eigenvalue weighted by molar-refractivity contribution is 0.102. The monoisotopic (exact) mass is 304 g/mol. The first-order chi connectivity index (χ1) is 9.97. The Labute approximate surface area is 128 Å². The lowest BCUT2D eigenvalue weighted by Gasteiger charge is -2.11. The molecule has 1 amide bonds. The van der Waals surface area contributed by atoms with Crippen molar-refractivity contribution in [3.8, 4) is 5.75 Å². The lowest BCUT2D eigenvalue weighted by atomic mass is 10.1. The van der Waals surface area contributed by atoms with Crippen molar-refractivity contribution in [1.82, 2.24) is 0 Å². The third kappa shape index (κ3) is 3.89. The fourth-order valence-corrected chi connectivity index (χ4v) is 2.13. The van der Waals surface area contributed by atoms with Crippen molar-refractivity contribution in [3.05, 3.63) is 53.1 Å². The third-order valence-corrected chi connectivity index (χ3v) is 3.07. The van der Waals surface area contributed by atoms with Crippen LogP contribution in [-0.2, 0) is 0 Å². The first kappa shape index (κ1) is 15.2. The molecule has 21 heavy (non-hydrogen) atoms. The molecular weight excluding hydrogens is 288 g/mol. The zero-order valence-corrected chi connectivity index (χ0v) is 12.6. The second-order valence-corrected chi connectivity index (χ2v) is 5.26. The molecule has 0 spiro atoms. The molecule has 0 aliphatic heterocycles. The number of benzene rings is 2. The van der Waals surface area contributed by atoms with Gasteiger partial charge in [0.25, 0.3) is 5.91 Å². The smallest absolute Gasteiger partial charge is 0.259 e. The topological polar surface area (TPSA) is 64.3 Å². The van der Waals surface area contributed by atoms with Gasteiger partial charge < -0.3 is 15.8 Å². The second kappa shape index (κ2) is 6.50. The summed E-state index contributed by atoms with van der Waals surface area (Å²) in [6.07, 6.45) is 0.105. The van der Waals surface area contributed by atoms with Gasteiger partial charge in [0, 0.05) is 11.4 Å². The highest BCUT2D eigenvalue weighted by Crippen LogP contribution is 2.24. The molecule has 0 radical (unpaired) electrons. The molecule has 0 aliphatic rings. The summed E-state index contributed by atoms with van der Waals surface area (Å²) < 4.78 is 5.54. The van der Waals surface area contributed by atoms with Gasteiger partial charge in [-0.2, -0.15) is 0 Å². The highest BCUT2D eigenvalue weighted by Gasteiger charge is 2.14. The molecule has 0 atom stereocenters. The van der Waals surface area contributed by atoms with Crippen LogP contribution in [0.4, 0.5) is 11.4 Å². The predicted octanol–water partition coefficient (Wildman–Crippen LogP) is 3.96. The van der Waals surface area contributed by atoms with Gasteiger partial charge in [0.2, 0.25) is 0 Å². The molecule has 5 heteroatoms. The van der Waals surface area contributed by atoms with E-state index in [4.69, 9.17) is 22.1 Å². The van der Waals surface area contributed by atoms with Gasteiger partial charge >= 0.3 is 0 Å². The maximum Gasteiger partial charge on any atom is 0.259 e. The molecule has 4 nitrogen and oxygen atoms in total. The third-order valence-electron chi connectivity index (χ3n) is 2.76. The molecule has 2 rings (SSSR count). The molecule has 0 aliphatic carbocycles. The number of hydrogen-bond acceptors (Lipinski definition) is 3. The number of nitrogens with two attached hydrogens (primary N) is 1. The van der Waals surface area contributed by atoms with Gasteiger partial charge in [0.1, 0.15) is 5.75 Å². The summed E-state index contributed by atoms with van der Waals surface area (Å²) in [5.41, 5.74) is 7.06. The number of anilines is 2. The summed E-state index contributed by atoms with van der Waals surface area (Å²) in [7, 11) is 0. The second-order valence-electron chi connectivity index (χ2n) is 4.85. The molecule has 110 valence electrons. The van der Waals surface area contributed by atoms with E-state index in [0.29, 0.717) is 16.4 Å². The number of rotatable bonds is 4. The summed E-state index contributed by atoms with van der Waals surface area (Å²) in [6, 6.07) is 12.1. The summed E-state index contributed by atoms with van der Waals surface area (Å²) in [4.78, 5) is 12.2. The number of halogens is 1. The van der Waals surface area contributed by atoms with E-state index < -0.39 is 0 Å². The van der Waals surface area contributed by atoms with Crippen LogP contribution in [0.15, 0.2) is 42.5 Å². The molecule has 2 aromatic carbocycles. The van der Waals surface area contributed by atoms with E-state index in [1.54, 1.807) is 42.5 Å². The summed E-state index contributed by atoms with van der Waals surface area (Å²) in [5.74, 6) is 0.413. The Morgan fingerprint density at radius 3 is 2.43 bits per heavy atom. The number of amides is 1. The van der Waals surface area contributed by atoms with E-state index >= 15 is 0 Å². The van der Waals surface area contributed by atoms with Crippen LogP contribution in [0.5, 0.6) is 5.75 Å². The number of hydrogen-bond donors (Lipinski definition) is 2. The van der Waals surface area contributed by atoms with E-state index in [0.717, 1.165) is 5.75 Å². The van der Waals surface area contributed by atoms with Gasteiger partial charge in [-0.3, -0.25) is 4.79 Å². The molecular formula is C16H17ClN2O2. The normalized spacial score (nSPS) is 10.5. The standard InChI is InChI=1S/C16H17ClN2O2/c1-10(2)21-12-8-6-11(7-9-12)19-16(20)15-13(17)4-3-5-14(15)18/h3-10H,18H2,1-2H3,(H,19,20). The summed E-state index contributed by atoms with van der Waals surface area (Å²) >= 11 is 6.01. The van der Waals surface area contributed by atoms with Crippen LogP contribution in [0.3, 0.4) is 0 Å². The first-order valence-corrected chi connectivity index (χ1v) is 6.97. The van der Waals surface area contributed by atoms with Crippen LogP contribution in [0.2, 0.25) is 5.02 Å². The van der Waals surface area contributed by atoms with Gasteiger partial charge in [-0.1, -0.05) is 17.7 Å². The van der Waals surface area contributed by atoms with Crippen molar-refractivity contribution in [1.29, 1.82) is 0 Å². The lowest BCUT2D eigenvalue weighted by Crippen LogP contribution is -2.14. The predicted molar refractivity (Wildman–Crippen MR) is 86.0 cm³/mol. The van der Waals surface area contributed by atoms with Crippen molar-refractivity contribution >= 4 is 28.9 Å². The molecule has 0 saturated heterocycles. The SMILES string of the molecule is CC(C)Oc1ccc(NC(=O)c2c(N)cccc2Cl)cc1. The molecule has 2 aromatic rings. The highest BCUT2D eigenvalue weighted by atomic mass is 35.5. The summed E-state index contributed by atoms with van der Waals surface area (Å²) in [5, 5.41) is 3.09. The quantitative estimate of drug-likeness (QED) is 0.840. The summed E-state index contributed by atoms with van der Waals surface area (Å²) in [6.45, 7) is 3.91. The van der Waals surface area contributed by atoms with Gasteiger partial charge in [-0.05, 0) is 50.2 Å². The Morgan fingerprint density at radius 2 is 1.86 bits per heavy atom. The largest absolute Gasteiger partial charge is 0.491 e. The van der Waals surface area contributed by atoms with Crippen LogP contribution >= 0.6 is 11.6 Å². The average molecular weight is 305 g/mol. The van der Waals surface area contributed by atoms with Crippen molar-refractivity contribution in [2.45, 2.75) is 20.0 Å². The Hall–Kier alpha value is -2.20. The molecule has 3 N–H and O–H groups in total. The average Bonchev–Trinajstić information content (AvgIpc) is 2.40. The van der Waals surface area contributed by atoms with Crippen molar-refractivity contribution in [2.75, 3.05) is 11.1 Å². The number of ether oxygens (including phenoxy) is 1. The van der Waals surface area contributed by atoms with Crippen LogP contribution in [0, 0.1) is 0 Å². The molecule has 0 unspecified atom stereocenters. The van der Waals surface area contributed by atoms with E-state index in [1.807, 2.05) is 13.8 Å². The van der Waals surface area contributed by atoms with Crippen LogP contribution in [0.1, 0.15) is 24.2 Å². The Kier molecular flexibility index (Phi) is 4.70. The van der Waals surface area contributed by atoms with Crippen LogP contribution in [-0.4, -0.2) is 12.0 Å². The zero-order valence-electron chi connectivity index (χ0n) is 11.9. The minimum absolute atomic E-state index is 0.105. The van der Waals surface area contributed by atoms with E-state index in [1.165, 1.54) is 0 Å². The fraction of sp³-hybridized carbons (Fsp3) is 0.188. The van der Waals surface area contributed by atoms with E-state index in [2.05, 4.69) is 5.32 Å².